The highest BCUT2D eigenvalue weighted by Gasteiger charge is 2.18. The van der Waals surface area contributed by atoms with Gasteiger partial charge in [-0.2, -0.15) is 0 Å². The number of carbonyl (C=O) groups is 1. The summed E-state index contributed by atoms with van der Waals surface area (Å²) in [6.45, 7) is 7.11. The molecule has 1 aliphatic rings. The van der Waals surface area contributed by atoms with E-state index in [0.717, 1.165) is 19.4 Å². The Morgan fingerprint density at radius 3 is 2.47 bits per heavy atom. The molecule has 0 aromatic heterocycles. The quantitative estimate of drug-likeness (QED) is 0.825. The normalized spacial score (nSPS) is 19.4. The summed E-state index contributed by atoms with van der Waals surface area (Å²) in [7, 11) is 0. The molecule has 2 rings (SSSR count). The summed E-state index contributed by atoms with van der Waals surface area (Å²) >= 11 is 0. The van der Waals surface area contributed by atoms with E-state index < -0.39 is 0 Å². The monoisotopic (exact) mass is 260 g/mol. The van der Waals surface area contributed by atoms with Crippen LogP contribution in [0.5, 0.6) is 0 Å². The van der Waals surface area contributed by atoms with E-state index in [2.05, 4.69) is 32.9 Å². The number of hydrogen-bond acceptors (Lipinski definition) is 2. The van der Waals surface area contributed by atoms with Crippen LogP contribution in [0, 0.1) is 20.8 Å². The summed E-state index contributed by atoms with van der Waals surface area (Å²) in [6.07, 6.45) is 4.66. The first-order valence-electron chi connectivity index (χ1n) is 7.26. The van der Waals surface area contributed by atoms with Gasteiger partial charge in [0.2, 0.25) is 0 Å². The molecule has 1 saturated heterocycles. The molecule has 1 aromatic carbocycles. The van der Waals surface area contributed by atoms with Crippen LogP contribution in [0.15, 0.2) is 12.1 Å². The first-order valence-corrected chi connectivity index (χ1v) is 7.26. The molecule has 1 atom stereocenters. The molecule has 1 aliphatic heterocycles. The molecule has 2 heteroatoms. The lowest BCUT2D eigenvalue weighted by Crippen LogP contribution is -2.23. The third kappa shape index (κ3) is 3.90. The number of Topliss-reactive ketones (excluding diaryl/α,β-unsaturated/α-hetero) is 1. The van der Waals surface area contributed by atoms with Crippen LogP contribution in [0.2, 0.25) is 0 Å². The van der Waals surface area contributed by atoms with Crippen LogP contribution in [0.1, 0.15) is 47.9 Å². The Labute approximate surface area is 116 Å². The highest BCUT2D eigenvalue weighted by Crippen LogP contribution is 2.20. The molecular formula is C17H24O2. The molecule has 0 saturated carbocycles. The van der Waals surface area contributed by atoms with Gasteiger partial charge in [-0.25, -0.2) is 0 Å². The van der Waals surface area contributed by atoms with Gasteiger partial charge in [-0.15, -0.1) is 0 Å². The average molecular weight is 260 g/mol. The fourth-order valence-electron chi connectivity index (χ4n) is 2.98. The van der Waals surface area contributed by atoms with Gasteiger partial charge in [0.15, 0.2) is 0 Å². The van der Waals surface area contributed by atoms with E-state index in [1.807, 2.05) is 0 Å². The minimum Gasteiger partial charge on any atom is -0.378 e. The zero-order valence-electron chi connectivity index (χ0n) is 12.3. The van der Waals surface area contributed by atoms with Crippen LogP contribution in [0.3, 0.4) is 0 Å². The van der Waals surface area contributed by atoms with Gasteiger partial charge in [-0.1, -0.05) is 17.7 Å². The summed E-state index contributed by atoms with van der Waals surface area (Å²) in [5.74, 6) is 0.307. The molecule has 19 heavy (non-hydrogen) atoms. The summed E-state index contributed by atoms with van der Waals surface area (Å²) in [6, 6.07) is 4.32. The molecule has 1 unspecified atom stereocenters. The Morgan fingerprint density at radius 1 is 1.21 bits per heavy atom. The molecule has 104 valence electrons. The lowest BCUT2D eigenvalue weighted by atomic mass is 9.93. The molecule has 1 fully saturated rings. The number of ether oxygens (including phenoxy) is 1. The van der Waals surface area contributed by atoms with Crippen molar-refractivity contribution in [2.75, 3.05) is 6.61 Å². The molecule has 0 N–H and O–H groups in total. The maximum atomic E-state index is 12.2. The van der Waals surface area contributed by atoms with Crippen LogP contribution >= 0.6 is 0 Å². The average Bonchev–Trinajstić information content (AvgIpc) is 2.35. The second-order valence-corrected chi connectivity index (χ2v) is 5.79. The van der Waals surface area contributed by atoms with Crippen LogP contribution in [0.4, 0.5) is 0 Å². The van der Waals surface area contributed by atoms with Crippen molar-refractivity contribution < 1.29 is 9.53 Å². The zero-order valence-corrected chi connectivity index (χ0v) is 12.3. The topological polar surface area (TPSA) is 26.3 Å². The highest BCUT2D eigenvalue weighted by atomic mass is 16.5. The third-order valence-corrected chi connectivity index (χ3v) is 3.94. The summed E-state index contributed by atoms with van der Waals surface area (Å²) in [4.78, 5) is 12.2. The fraction of sp³-hybridized carbons (Fsp3) is 0.588. The van der Waals surface area contributed by atoms with E-state index in [4.69, 9.17) is 4.74 Å². The molecule has 0 amide bonds. The number of benzene rings is 1. The van der Waals surface area contributed by atoms with Gasteiger partial charge in [-0.05, 0) is 56.7 Å². The van der Waals surface area contributed by atoms with Gasteiger partial charge in [0, 0.05) is 19.4 Å². The number of ketones is 1. The summed E-state index contributed by atoms with van der Waals surface area (Å²) in [5.41, 5.74) is 4.93. The highest BCUT2D eigenvalue weighted by molar-refractivity contribution is 5.82. The number of aryl methyl sites for hydroxylation is 3. The molecule has 0 spiro atoms. The van der Waals surface area contributed by atoms with Crippen molar-refractivity contribution in [3.63, 3.8) is 0 Å². The Morgan fingerprint density at radius 2 is 1.89 bits per heavy atom. The van der Waals surface area contributed by atoms with E-state index in [0.29, 0.717) is 18.6 Å². The lowest BCUT2D eigenvalue weighted by Gasteiger charge is -2.22. The molecular weight excluding hydrogens is 236 g/mol. The fourth-order valence-corrected chi connectivity index (χ4v) is 2.98. The third-order valence-electron chi connectivity index (χ3n) is 3.94. The SMILES string of the molecule is Cc1cc(C)c(CC(=O)CC2CCCCO2)c(C)c1. The molecule has 1 heterocycles. The van der Waals surface area contributed by atoms with Crippen molar-refractivity contribution in [2.45, 2.75) is 59.0 Å². The van der Waals surface area contributed by atoms with Crippen molar-refractivity contribution in [2.24, 2.45) is 0 Å². The van der Waals surface area contributed by atoms with Gasteiger partial charge < -0.3 is 4.74 Å². The van der Waals surface area contributed by atoms with Crippen LogP contribution in [-0.2, 0) is 16.0 Å². The van der Waals surface area contributed by atoms with Crippen molar-refractivity contribution in [3.05, 3.63) is 34.4 Å². The van der Waals surface area contributed by atoms with E-state index >= 15 is 0 Å². The molecule has 0 bridgehead atoms. The largest absolute Gasteiger partial charge is 0.378 e. The molecule has 2 nitrogen and oxygen atoms in total. The standard InChI is InChI=1S/C17H24O2/c1-12-8-13(2)17(14(3)9-12)11-15(18)10-16-6-4-5-7-19-16/h8-9,16H,4-7,10-11H2,1-3H3. The maximum absolute atomic E-state index is 12.2. The van der Waals surface area contributed by atoms with Crippen LogP contribution in [-0.4, -0.2) is 18.5 Å². The first kappa shape index (κ1) is 14.3. The van der Waals surface area contributed by atoms with Crippen LogP contribution in [0.25, 0.3) is 0 Å². The van der Waals surface area contributed by atoms with Gasteiger partial charge >= 0.3 is 0 Å². The van der Waals surface area contributed by atoms with Crippen molar-refractivity contribution in [1.82, 2.24) is 0 Å². The molecule has 1 aromatic rings. The zero-order chi connectivity index (χ0) is 13.8. The van der Waals surface area contributed by atoms with Crippen LogP contribution < -0.4 is 0 Å². The van der Waals surface area contributed by atoms with E-state index in [1.54, 1.807) is 0 Å². The minimum atomic E-state index is 0.160. The van der Waals surface area contributed by atoms with E-state index in [-0.39, 0.29) is 6.10 Å². The van der Waals surface area contributed by atoms with Gasteiger partial charge in [0.25, 0.3) is 0 Å². The first-order chi connectivity index (χ1) is 9.06. The smallest absolute Gasteiger partial charge is 0.139 e. The van der Waals surface area contributed by atoms with Gasteiger partial charge in [0.05, 0.1) is 6.10 Å². The van der Waals surface area contributed by atoms with Gasteiger partial charge in [-0.3, -0.25) is 4.79 Å². The number of rotatable bonds is 4. The number of hydrogen-bond donors (Lipinski definition) is 0. The Balaban J connectivity index is 1.98. The predicted octanol–water partition coefficient (Wildman–Crippen LogP) is 3.68. The Kier molecular flexibility index (Phi) is 4.76. The Hall–Kier alpha value is -1.15. The van der Waals surface area contributed by atoms with Crippen molar-refractivity contribution in [1.29, 1.82) is 0 Å². The lowest BCUT2D eigenvalue weighted by molar-refractivity contribution is -0.122. The molecule has 0 aliphatic carbocycles. The second kappa shape index (κ2) is 6.33. The predicted molar refractivity (Wildman–Crippen MR) is 77.6 cm³/mol. The van der Waals surface area contributed by atoms with E-state index in [1.165, 1.54) is 28.7 Å². The van der Waals surface area contributed by atoms with Crippen molar-refractivity contribution in [3.8, 4) is 0 Å². The number of carbonyl (C=O) groups excluding carboxylic acids is 1. The van der Waals surface area contributed by atoms with Crippen molar-refractivity contribution >= 4 is 5.78 Å². The minimum absolute atomic E-state index is 0.160. The second-order valence-electron chi connectivity index (χ2n) is 5.79. The summed E-state index contributed by atoms with van der Waals surface area (Å²) < 4.78 is 5.65. The summed E-state index contributed by atoms with van der Waals surface area (Å²) in [5, 5.41) is 0. The Bertz CT molecular complexity index is 433. The van der Waals surface area contributed by atoms with E-state index in [9.17, 15) is 4.79 Å². The van der Waals surface area contributed by atoms with Gasteiger partial charge in [0.1, 0.15) is 5.78 Å². The molecule has 0 radical (unpaired) electrons. The maximum Gasteiger partial charge on any atom is 0.139 e.